The van der Waals surface area contributed by atoms with E-state index in [1.165, 1.54) is 5.57 Å². The number of amidine groups is 1. The molecule has 0 aromatic carbocycles. The van der Waals surface area contributed by atoms with Crippen molar-refractivity contribution >= 4 is 11.7 Å². The fourth-order valence-corrected chi connectivity index (χ4v) is 4.44. The summed E-state index contributed by atoms with van der Waals surface area (Å²) < 4.78 is 25.4. The van der Waals surface area contributed by atoms with E-state index in [2.05, 4.69) is 58.7 Å². The highest BCUT2D eigenvalue weighted by Gasteiger charge is 2.43. The van der Waals surface area contributed by atoms with Crippen molar-refractivity contribution in [2.45, 2.75) is 86.2 Å². The summed E-state index contributed by atoms with van der Waals surface area (Å²) in [5.41, 5.74) is 2.27. The van der Waals surface area contributed by atoms with Gasteiger partial charge in [0.25, 0.3) is 5.91 Å². The molecule has 1 fully saturated rings. The number of halogens is 2. The topological polar surface area (TPSA) is 44.7 Å². The van der Waals surface area contributed by atoms with Crippen LogP contribution in [-0.2, 0) is 4.79 Å². The molecule has 0 spiro atoms. The summed E-state index contributed by atoms with van der Waals surface area (Å²) in [6, 6.07) is -0.252. The molecular formula is C20H33F2N3O. The largest absolute Gasteiger partial charge is 0.346 e. The molecule has 2 atom stereocenters. The Morgan fingerprint density at radius 2 is 1.92 bits per heavy atom. The van der Waals surface area contributed by atoms with E-state index in [-0.39, 0.29) is 22.9 Å². The highest BCUT2D eigenvalue weighted by Crippen LogP contribution is 2.45. The Hall–Kier alpha value is -1.46. The summed E-state index contributed by atoms with van der Waals surface area (Å²) >= 11 is 0. The molecule has 1 saturated heterocycles. The van der Waals surface area contributed by atoms with Gasteiger partial charge in [0, 0.05) is 24.1 Å². The third-order valence-corrected chi connectivity index (χ3v) is 5.29. The summed E-state index contributed by atoms with van der Waals surface area (Å²) in [6.45, 7) is 15.6. The van der Waals surface area contributed by atoms with Gasteiger partial charge in [0.2, 0.25) is 0 Å². The number of aliphatic imine (C=N–C) groups is 1. The second kappa shape index (κ2) is 7.28. The fourth-order valence-electron chi connectivity index (χ4n) is 4.44. The zero-order chi connectivity index (χ0) is 19.9. The third kappa shape index (κ3) is 4.09. The van der Waals surface area contributed by atoms with E-state index >= 15 is 0 Å². The summed E-state index contributed by atoms with van der Waals surface area (Å²) in [5.74, 6) is -0.211. The number of alkyl halides is 2. The van der Waals surface area contributed by atoms with Crippen LogP contribution in [0.5, 0.6) is 0 Å². The minimum absolute atomic E-state index is 0.0176. The van der Waals surface area contributed by atoms with Gasteiger partial charge >= 0.3 is 6.43 Å². The summed E-state index contributed by atoms with van der Waals surface area (Å²) in [5, 5.41) is 2.51. The summed E-state index contributed by atoms with van der Waals surface area (Å²) in [6.07, 6.45) is -0.288. The average Bonchev–Trinajstić information content (AvgIpc) is 2.87. The molecule has 0 unspecified atom stereocenters. The van der Waals surface area contributed by atoms with Crippen molar-refractivity contribution in [3.8, 4) is 0 Å². The van der Waals surface area contributed by atoms with Gasteiger partial charge in [-0.1, -0.05) is 48.0 Å². The first kappa shape index (κ1) is 20.8. The first-order valence-corrected chi connectivity index (χ1v) is 9.56. The van der Waals surface area contributed by atoms with Crippen molar-refractivity contribution in [3.63, 3.8) is 0 Å². The van der Waals surface area contributed by atoms with E-state index in [0.717, 1.165) is 24.4 Å². The molecule has 1 amide bonds. The van der Waals surface area contributed by atoms with Crippen LogP contribution >= 0.6 is 0 Å². The van der Waals surface area contributed by atoms with Gasteiger partial charge in [-0.2, -0.15) is 8.78 Å². The Labute approximate surface area is 156 Å². The summed E-state index contributed by atoms with van der Waals surface area (Å²) in [4.78, 5) is 18.7. The van der Waals surface area contributed by atoms with E-state index < -0.39 is 12.3 Å². The number of hydrogen-bond acceptors (Lipinski definition) is 3. The molecule has 148 valence electrons. The van der Waals surface area contributed by atoms with Gasteiger partial charge in [-0.15, -0.1) is 0 Å². The van der Waals surface area contributed by atoms with Gasteiger partial charge in [-0.05, 0) is 24.3 Å². The van der Waals surface area contributed by atoms with Crippen LogP contribution in [0.15, 0.2) is 16.3 Å². The van der Waals surface area contributed by atoms with E-state index in [0.29, 0.717) is 13.0 Å². The molecule has 1 N–H and O–H groups in total. The molecule has 0 bridgehead atoms. The van der Waals surface area contributed by atoms with Crippen LogP contribution in [0.4, 0.5) is 8.78 Å². The van der Waals surface area contributed by atoms with E-state index in [4.69, 9.17) is 4.99 Å². The number of carbonyl (C=O) groups excluding carboxylic acids is 1. The molecule has 2 rings (SSSR count). The van der Waals surface area contributed by atoms with Gasteiger partial charge in [0.1, 0.15) is 5.84 Å². The molecule has 0 aliphatic carbocycles. The molecule has 2 aliphatic heterocycles. The zero-order valence-corrected chi connectivity index (χ0v) is 17.1. The zero-order valence-electron chi connectivity index (χ0n) is 17.1. The van der Waals surface area contributed by atoms with Gasteiger partial charge < -0.3 is 10.2 Å². The Morgan fingerprint density at radius 1 is 1.31 bits per heavy atom. The van der Waals surface area contributed by atoms with Crippen LogP contribution in [0.2, 0.25) is 0 Å². The maximum absolute atomic E-state index is 12.7. The Kier molecular flexibility index (Phi) is 5.83. The predicted molar refractivity (Wildman–Crippen MR) is 101 cm³/mol. The first-order valence-electron chi connectivity index (χ1n) is 9.56. The molecule has 2 heterocycles. The standard InChI is InChI=1S/C20H33F2N3O/c1-8-9-20(6,7)15-12(2)23-18(19(3,4)5)25-11-13(10-14(15)25)24-17(26)16(21)22/h12-13,16H,8-11H2,1-7H3,(H,24,26)/t12-,13-/m0/s1. The van der Waals surface area contributed by atoms with Crippen LogP contribution in [0, 0.1) is 10.8 Å². The number of nitrogens with one attached hydrogen (secondary N) is 1. The molecule has 0 aromatic rings. The van der Waals surface area contributed by atoms with Crippen LogP contribution in [0.1, 0.15) is 67.7 Å². The number of carbonyl (C=O) groups is 1. The van der Waals surface area contributed by atoms with Crippen molar-refractivity contribution in [2.75, 3.05) is 6.54 Å². The lowest BCUT2D eigenvalue weighted by molar-refractivity contribution is -0.132. The monoisotopic (exact) mass is 369 g/mol. The van der Waals surface area contributed by atoms with Crippen LogP contribution in [0.3, 0.4) is 0 Å². The number of fused-ring (bicyclic) bond motifs is 1. The number of amides is 1. The van der Waals surface area contributed by atoms with Crippen LogP contribution in [-0.4, -0.2) is 41.7 Å². The van der Waals surface area contributed by atoms with Crippen molar-refractivity contribution in [2.24, 2.45) is 15.8 Å². The second-order valence-corrected chi connectivity index (χ2v) is 9.19. The maximum Gasteiger partial charge on any atom is 0.315 e. The van der Waals surface area contributed by atoms with Crippen molar-refractivity contribution in [1.82, 2.24) is 10.2 Å². The van der Waals surface area contributed by atoms with Gasteiger partial charge in [-0.25, -0.2) is 0 Å². The summed E-state index contributed by atoms with van der Waals surface area (Å²) in [7, 11) is 0. The minimum Gasteiger partial charge on any atom is -0.346 e. The molecule has 26 heavy (non-hydrogen) atoms. The van der Waals surface area contributed by atoms with Crippen molar-refractivity contribution in [3.05, 3.63) is 11.3 Å². The molecule has 0 aromatic heterocycles. The minimum atomic E-state index is -2.98. The van der Waals surface area contributed by atoms with Crippen molar-refractivity contribution < 1.29 is 13.6 Å². The smallest absolute Gasteiger partial charge is 0.315 e. The van der Waals surface area contributed by atoms with Gasteiger partial charge in [0.15, 0.2) is 0 Å². The molecule has 0 radical (unpaired) electrons. The number of nitrogens with zero attached hydrogens (tertiary/aromatic N) is 2. The van der Waals surface area contributed by atoms with Gasteiger partial charge in [0.05, 0.1) is 12.1 Å². The maximum atomic E-state index is 12.7. The molecule has 6 heteroatoms. The van der Waals surface area contributed by atoms with Gasteiger partial charge in [-0.3, -0.25) is 9.79 Å². The van der Waals surface area contributed by atoms with E-state index in [1.54, 1.807) is 0 Å². The lowest BCUT2D eigenvalue weighted by Crippen LogP contribution is -2.45. The Bertz CT molecular complexity index is 617. The van der Waals surface area contributed by atoms with Crippen LogP contribution < -0.4 is 5.32 Å². The fraction of sp³-hybridized carbons (Fsp3) is 0.800. The SMILES string of the molecule is CCCC(C)(C)C1=C2C[C@H](NC(=O)C(F)F)CN2C(C(C)(C)C)=N[C@H]1C. The first-order chi connectivity index (χ1) is 11.9. The molecule has 4 nitrogen and oxygen atoms in total. The highest BCUT2D eigenvalue weighted by atomic mass is 19.3. The quantitative estimate of drug-likeness (QED) is 0.782. The number of hydrogen-bond donors (Lipinski definition) is 1. The van der Waals surface area contributed by atoms with Crippen molar-refractivity contribution in [1.29, 1.82) is 0 Å². The number of rotatable bonds is 5. The molecular weight excluding hydrogens is 336 g/mol. The van der Waals surface area contributed by atoms with E-state index in [9.17, 15) is 13.6 Å². The third-order valence-electron chi connectivity index (χ3n) is 5.29. The highest BCUT2D eigenvalue weighted by molar-refractivity contribution is 5.91. The Morgan fingerprint density at radius 3 is 2.42 bits per heavy atom. The second-order valence-electron chi connectivity index (χ2n) is 9.19. The van der Waals surface area contributed by atoms with E-state index in [1.807, 2.05) is 0 Å². The lowest BCUT2D eigenvalue weighted by Gasteiger charge is -2.42. The Balaban J connectivity index is 2.44. The normalized spacial score (nSPS) is 24.1. The van der Waals surface area contributed by atoms with Crippen LogP contribution in [0.25, 0.3) is 0 Å². The lowest BCUT2D eigenvalue weighted by atomic mass is 9.74. The molecule has 2 aliphatic rings. The molecule has 0 saturated carbocycles. The predicted octanol–water partition coefficient (Wildman–Crippen LogP) is 4.37. The average molecular weight is 370 g/mol.